The van der Waals surface area contributed by atoms with E-state index in [0.717, 1.165) is 28.6 Å². The van der Waals surface area contributed by atoms with Gasteiger partial charge in [0.25, 0.3) is 0 Å². The Morgan fingerprint density at radius 2 is 1.84 bits per heavy atom. The van der Waals surface area contributed by atoms with Gasteiger partial charge in [-0.25, -0.2) is 4.68 Å². The van der Waals surface area contributed by atoms with Gasteiger partial charge in [0.1, 0.15) is 11.5 Å². The smallest absolute Gasteiger partial charge is 0.206 e. The molecule has 2 aromatic heterocycles. The minimum atomic E-state index is 0.723. The second-order valence-corrected chi connectivity index (χ2v) is 6.97. The number of rotatable bonds is 4. The molecule has 1 aromatic carbocycles. The van der Waals surface area contributed by atoms with Gasteiger partial charge in [0, 0.05) is 17.5 Å². The maximum Gasteiger partial charge on any atom is 0.206 e. The molecule has 0 aliphatic rings. The van der Waals surface area contributed by atoms with E-state index in [1.807, 2.05) is 30.7 Å². The maximum absolute atomic E-state index is 5.60. The average Bonchev–Trinajstić information content (AvgIpc) is 3.16. The van der Waals surface area contributed by atoms with Crippen LogP contribution in [0.25, 0.3) is 11.3 Å². The highest BCUT2D eigenvalue weighted by atomic mass is 32.1. The molecule has 0 unspecified atom stereocenters. The van der Waals surface area contributed by atoms with E-state index < -0.39 is 0 Å². The van der Waals surface area contributed by atoms with Crippen LogP contribution < -0.4 is 4.80 Å². The molecule has 3 rings (SSSR count). The molecule has 130 valence electrons. The van der Waals surface area contributed by atoms with Crippen LogP contribution in [0.2, 0.25) is 0 Å². The van der Waals surface area contributed by atoms with Crippen molar-refractivity contribution in [3.8, 4) is 11.3 Å². The summed E-state index contributed by atoms with van der Waals surface area (Å²) >= 11 is 1.61. The van der Waals surface area contributed by atoms with E-state index in [-0.39, 0.29) is 0 Å². The summed E-state index contributed by atoms with van der Waals surface area (Å²) in [6.45, 7) is 11.1. The largest absolute Gasteiger partial charge is 0.460 e. The molecule has 0 fully saturated rings. The zero-order chi connectivity index (χ0) is 18.0. The van der Waals surface area contributed by atoms with Crippen LogP contribution in [0.3, 0.4) is 0 Å². The number of aryl methyl sites for hydroxylation is 4. The van der Waals surface area contributed by atoms with Gasteiger partial charge in [-0.15, -0.1) is 11.3 Å². The Labute approximate surface area is 152 Å². The lowest BCUT2D eigenvalue weighted by molar-refractivity contribution is 0.527. The molecule has 0 atom stereocenters. The normalized spacial score (nSPS) is 12.4. The van der Waals surface area contributed by atoms with E-state index in [9.17, 15) is 0 Å². The molecule has 0 radical (unpaired) electrons. The molecule has 0 aliphatic carbocycles. The summed E-state index contributed by atoms with van der Waals surface area (Å²) in [6.07, 6.45) is 1.74. The lowest BCUT2D eigenvalue weighted by Gasteiger charge is -2.10. The third kappa shape index (κ3) is 3.66. The van der Waals surface area contributed by atoms with Crippen LogP contribution in [-0.2, 0) is 0 Å². The third-order valence-corrected chi connectivity index (χ3v) is 5.01. The molecule has 0 N–H and O–H groups in total. The summed E-state index contributed by atoms with van der Waals surface area (Å²) in [5.74, 6) is 1.61. The summed E-state index contributed by atoms with van der Waals surface area (Å²) in [5.41, 5.74) is 6.05. The Balaban J connectivity index is 2.14. The van der Waals surface area contributed by atoms with Gasteiger partial charge in [-0.1, -0.05) is 6.07 Å². The van der Waals surface area contributed by atoms with Gasteiger partial charge in [-0.2, -0.15) is 5.10 Å². The number of nitrogens with zero attached hydrogens (tertiary/aromatic N) is 3. The van der Waals surface area contributed by atoms with Crippen molar-refractivity contribution in [2.24, 2.45) is 10.1 Å². The van der Waals surface area contributed by atoms with Crippen molar-refractivity contribution in [3.05, 3.63) is 62.7 Å². The van der Waals surface area contributed by atoms with Crippen LogP contribution in [0.5, 0.6) is 0 Å². The first-order valence-corrected chi connectivity index (χ1v) is 9.27. The Bertz CT molecular complexity index is 989. The van der Waals surface area contributed by atoms with Gasteiger partial charge in [-0.3, -0.25) is 4.99 Å². The molecule has 0 saturated heterocycles. The molecule has 4 nitrogen and oxygen atoms in total. The number of furan rings is 1. The summed E-state index contributed by atoms with van der Waals surface area (Å²) < 4.78 is 7.50. The van der Waals surface area contributed by atoms with Crippen molar-refractivity contribution in [1.82, 2.24) is 4.68 Å². The first-order chi connectivity index (χ1) is 12.0. The van der Waals surface area contributed by atoms with Crippen LogP contribution in [0.4, 0.5) is 0 Å². The van der Waals surface area contributed by atoms with Gasteiger partial charge in [0.15, 0.2) is 0 Å². The highest BCUT2D eigenvalue weighted by Gasteiger charge is 2.11. The summed E-state index contributed by atoms with van der Waals surface area (Å²) in [5, 5.41) is 6.77. The molecule has 3 aromatic rings. The van der Waals surface area contributed by atoms with Crippen LogP contribution in [-0.4, -0.2) is 17.4 Å². The number of hydrogen-bond acceptors (Lipinski definition) is 4. The number of aromatic nitrogens is 1. The van der Waals surface area contributed by atoms with Gasteiger partial charge in [-0.05, 0) is 69.5 Å². The summed E-state index contributed by atoms with van der Waals surface area (Å²) in [6, 6.07) is 8.31. The predicted octanol–water partition coefficient (Wildman–Crippen LogP) is 4.85. The summed E-state index contributed by atoms with van der Waals surface area (Å²) in [4.78, 5) is 5.46. The zero-order valence-corrected chi connectivity index (χ0v) is 16.1. The van der Waals surface area contributed by atoms with Gasteiger partial charge >= 0.3 is 0 Å². The zero-order valence-electron chi connectivity index (χ0n) is 15.3. The van der Waals surface area contributed by atoms with Gasteiger partial charge < -0.3 is 4.42 Å². The Kier molecular flexibility index (Phi) is 5.04. The topological polar surface area (TPSA) is 42.8 Å². The molecule has 0 amide bonds. The summed E-state index contributed by atoms with van der Waals surface area (Å²) in [7, 11) is 0. The van der Waals surface area contributed by atoms with Crippen molar-refractivity contribution in [2.75, 3.05) is 6.54 Å². The van der Waals surface area contributed by atoms with Crippen molar-refractivity contribution in [3.63, 3.8) is 0 Å². The number of hydrogen-bond donors (Lipinski definition) is 0. The third-order valence-electron chi connectivity index (χ3n) is 4.16. The molecule has 0 saturated carbocycles. The van der Waals surface area contributed by atoms with Crippen LogP contribution in [0.15, 0.2) is 44.2 Å². The van der Waals surface area contributed by atoms with Crippen LogP contribution in [0.1, 0.15) is 35.1 Å². The minimum Gasteiger partial charge on any atom is -0.460 e. The van der Waals surface area contributed by atoms with Gasteiger partial charge in [0.2, 0.25) is 4.80 Å². The monoisotopic (exact) mass is 353 g/mol. The van der Waals surface area contributed by atoms with E-state index in [4.69, 9.17) is 4.42 Å². The first-order valence-electron chi connectivity index (χ1n) is 8.39. The quantitative estimate of drug-likeness (QED) is 0.619. The Hall–Kier alpha value is -2.40. The fraction of sp³-hybridized carbons (Fsp3) is 0.300. The van der Waals surface area contributed by atoms with E-state index in [2.05, 4.69) is 48.4 Å². The first kappa shape index (κ1) is 17.4. The van der Waals surface area contributed by atoms with E-state index in [0.29, 0.717) is 0 Å². The fourth-order valence-corrected chi connectivity index (χ4v) is 3.61. The van der Waals surface area contributed by atoms with E-state index >= 15 is 0 Å². The second-order valence-electron chi connectivity index (χ2n) is 6.13. The lowest BCUT2D eigenvalue weighted by atomic mass is 9.99. The van der Waals surface area contributed by atoms with Crippen molar-refractivity contribution >= 4 is 17.6 Å². The average molecular weight is 353 g/mol. The fourth-order valence-electron chi connectivity index (χ4n) is 2.71. The second kappa shape index (κ2) is 7.23. The molecule has 25 heavy (non-hydrogen) atoms. The Morgan fingerprint density at radius 3 is 2.52 bits per heavy atom. The van der Waals surface area contributed by atoms with E-state index in [1.165, 1.54) is 22.3 Å². The van der Waals surface area contributed by atoms with Gasteiger partial charge in [0.05, 0.1) is 11.9 Å². The van der Waals surface area contributed by atoms with Crippen molar-refractivity contribution < 1.29 is 4.42 Å². The highest BCUT2D eigenvalue weighted by molar-refractivity contribution is 7.07. The molecule has 0 aliphatic heterocycles. The van der Waals surface area contributed by atoms with Crippen molar-refractivity contribution in [2.45, 2.75) is 34.6 Å². The molecule has 5 heteroatoms. The minimum absolute atomic E-state index is 0.723. The SMILES string of the molecule is CCN=c1scc(-c2cc(C)c(C)cc2C)n1/N=C/c1ccc(C)o1. The van der Waals surface area contributed by atoms with Crippen molar-refractivity contribution in [1.29, 1.82) is 0 Å². The maximum atomic E-state index is 5.60. The predicted molar refractivity (Wildman–Crippen MR) is 104 cm³/mol. The standard InChI is InChI=1S/C20H23N3OS/c1-6-21-20-23(22-11-17-8-7-16(5)24-17)19(12-25-20)18-10-14(3)13(2)9-15(18)4/h7-12H,6H2,1-5H3/b21-20?,22-11+. The number of benzene rings is 1. The number of thiazole rings is 1. The molecule has 0 spiro atoms. The van der Waals surface area contributed by atoms with Crippen LogP contribution in [0, 0.1) is 27.7 Å². The molecule has 0 bridgehead atoms. The lowest BCUT2D eigenvalue weighted by Crippen LogP contribution is -2.12. The molecule has 2 heterocycles. The Morgan fingerprint density at radius 1 is 1.08 bits per heavy atom. The van der Waals surface area contributed by atoms with E-state index in [1.54, 1.807) is 17.6 Å². The van der Waals surface area contributed by atoms with Crippen LogP contribution >= 0.6 is 11.3 Å². The highest BCUT2D eigenvalue weighted by Crippen LogP contribution is 2.27. The molecular formula is C20H23N3OS. The molecular weight excluding hydrogens is 330 g/mol.